The van der Waals surface area contributed by atoms with Crippen LogP contribution in [0.25, 0.3) is 0 Å². The number of nitrogens with zero attached hydrogens (tertiary/aromatic N) is 5. The Morgan fingerprint density at radius 3 is 2.56 bits per heavy atom. The van der Waals surface area contributed by atoms with Gasteiger partial charge in [-0.05, 0) is 18.2 Å². The summed E-state index contributed by atoms with van der Waals surface area (Å²) >= 11 is 6.09. The minimum Gasteiger partial charge on any atom is -0.347 e. The SMILES string of the molecule is CN(C)c1nccc(CN2CCN(CC(=O)Nc3ccccc3Cl)CC2)n1. The van der Waals surface area contributed by atoms with Gasteiger partial charge in [-0.15, -0.1) is 0 Å². The van der Waals surface area contributed by atoms with Gasteiger partial charge in [-0.1, -0.05) is 23.7 Å². The Bertz CT molecular complexity index is 776. The summed E-state index contributed by atoms with van der Waals surface area (Å²) in [5.74, 6) is 0.686. The molecule has 0 bridgehead atoms. The molecule has 0 unspecified atom stereocenters. The lowest BCUT2D eigenvalue weighted by Gasteiger charge is -2.34. The number of halogens is 1. The van der Waals surface area contributed by atoms with Crippen LogP contribution in [-0.2, 0) is 11.3 Å². The first-order valence-corrected chi connectivity index (χ1v) is 9.37. The molecule has 3 rings (SSSR count). The van der Waals surface area contributed by atoms with Gasteiger partial charge in [-0.2, -0.15) is 0 Å². The maximum atomic E-state index is 12.3. The lowest BCUT2D eigenvalue weighted by atomic mass is 10.2. The third kappa shape index (κ3) is 5.63. The highest BCUT2D eigenvalue weighted by Crippen LogP contribution is 2.20. The Morgan fingerprint density at radius 2 is 1.85 bits per heavy atom. The van der Waals surface area contributed by atoms with E-state index >= 15 is 0 Å². The normalized spacial score (nSPS) is 15.5. The van der Waals surface area contributed by atoms with Crippen molar-refractivity contribution >= 4 is 29.1 Å². The molecule has 144 valence electrons. The van der Waals surface area contributed by atoms with Crippen molar-refractivity contribution in [2.45, 2.75) is 6.54 Å². The summed E-state index contributed by atoms with van der Waals surface area (Å²) in [6.07, 6.45) is 1.80. The standard InChI is InChI=1S/C19H25ClN6O/c1-24(2)19-21-8-7-15(22-19)13-25-9-11-26(12-10-25)14-18(27)23-17-6-4-3-5-16(17)20/h3-8H,9-14H2,1-2H3,(H,23,27). The molecule has 0 radical (unpaired) electrons. The fourth-order valence-corrected chi connectivity index (χ4v) is 3.16. The van der Waals surface area contributed by atoms with E-state index in [-0.39, 0.29) is 5.91 Å². The van der Waals surface area contributed by atoms with Crippen LogP contribution in [0.5, 0.6) is 0 Å². The highest BCUT2D eigenvalue weighted by molar-refractivity contribution is 6.33. The van der Waals surface area contributed by atoms with Crippen LogP contribution in [0.1, 0.15) is 5.69 Å². The van der Waals surface area contributed by atoms with Crippen molar-refractivity contribution in [2.24, 2.45) is 0 Å². The number of rotatable bonds is 6. The first-order chi connectivity index (χ1) is 13.0. The van der Waals surface area contributed by atoms with Crippen molar-refractivity contribution < 1.29 is 4.79 Å². The van der Waals surface area contributed by atoms with Crippen LogP contribution in [-0.4, -0.2) is 72.5 Å². The average molecular weight is 389 g/mol. The van der Waals surface area contributed by atoms with E-state index in [1.807, 2.05) is 43.3 Å². The predicted octanol–water partition coefficient (Wildman–Crippen LogP) is 1.95. The molecule has 27 heavy (non-hydrogen) atoms. The topological polar surface area (TPSA) is 64.6 Å². The molecule has 1 aliphatic rings. The maximum absolute atomic E-state index is 12.3. The van der Waals surface area contributed by atoms with Crippen LogP contribution in [0.2, 0.25) is 5.02 Å². The number of carbonyl (C=O) groups excluding carboxylic acids is 1. The summed E-state index contributed by atoms with van der Waals surface area (Å²) in [5, 5.41) is 3.43. The van der Waals surface area contributed by atoms with Crippen LogP contribution in [0, 0.1) is 0 Å². The van der Waals surface area contributed by atoms with E-state index in [2.05, 4.69) is 25.1 Å². The van der Waals surface area contributed by atoms with Crippen LogP contribution in [0.4, 0.5) is 11.6 Å². The van der Waals surface area contributed by atoms with E-state index < -0.39 is 0 Å². The Morgan fingerprint density at radius 1 is 1.15 bits per heavy atom. The number of aromatic nitrogens is 2. The van der Waals surface area contributed by atoms with Crippen molar-refractivity contribution in [3.8, 4) is 0 Å². The number of hydrogen-bond acceptors (Lipinski definition) is 6. The molecule has 7 nitrogen and oxygen atoms in total. The molecular weight excluding hydrogens is 364 g/mol. The van der Waals surface area contributed by atoms with Gasteiger partial charge in [0.25, 0.3) is 0 Å². The fourth-order valence-electron chi connectivity index (χ4n) is 2.98. The highest BCUT2D eigenvalue weighted by atomic mass is 35.5. The zero-order valence-corrected chi connectivity index (χ0v) is 16.5. The Hall–Kier alpha value is -2.22. The zero-order valence-electron chi connectivity index (χ0n) is 15.7. The zero-order chi connectivity index (χ0) is 19.2. The van der Waals surface area contributed by atoms with Gasteiger partial charge >= 0.3 is 0 Å². The van der Waals surface area contributed by atoms with Gasteiger partial charge in [0.1, 0.15) is 0 Å². The van der Waals surface area contributed by atoms with Crippen LogP contribution >= 0.6 is 11.6 Å². The molecular formula is C19H25ClN6O. The quantitative estimate of drug-likeness (QED) is 0.816. The van der Waals surface area contributed by atoms with Crippen molar-refractivity contribution in [3.63, 3.8) is 0 Å². The number of carbonyl (C=O) groups is 1. The molecule has 0 atom stereocenters. The van der Waals surface area contributed by atoms with E-state index in [1.165, 1.54) is 0 Å². The molecule has 2 aromatic rings. The summed E-state index contributed by atoms with van der Waals surface area (Å²) in [6, 6.07) is 9.23. The fraction of sp³-hybridized carbons (Fsp3) is 0.421. The summed E-state index contributed by atoms with van der Waals surface area (Å²) in [7, 11) is 3.87. The molecule has 1 aromatic heterocycles. The van der Waals surface area contributed by atoms with Crippen LogP contribution < -0.4 is 10.2 Å². The van der Waals surface area contributed by atoms with E-state index in [9.17, 15) is 4.79 Å². The van der Waals surface area contributed by atoms with Gasteiger partial charge < -0.3 is 10.2 Å². The van der Waals surface area contributed by atoms with Gasteiger partial charge in [0, 0.05) is 53.0 Å². The first-order valence-electron chi connectivity index (χ1n) is 8.99. The largest absolute Gasteiger partial charge is 0.347 e. The van der Waals surface area contributed by atoms with Gasteiger partial charge in [0.15, 0.2) is 0 Å². The molecule has 1 aromatic carbocycles. The van der Waals surface area contributed by atoms with E-state index in [0.29, 0.717) is 17.3 Å². The molecule has 0 spiro atoms. The monoisotopic (exact) mass is 388 g/mol. The highest BCUT2D eigenvalue weighted by Gasteiger charge is 2.20. The number of benzene rings is 1. The van der Waals surface area contributed by atoms with E-state index in [4.69, 9.17) is 11.6 Å². The Labute approximate surface area is 165 Å². The van der Waals surface area contributed by atoms with Crippen LogP contribution in [0.15, 0.2) is 36.5 Å². The van der Waals surface area contributed by atoms with Crippen molar-refractivity contribution in [2.75, 3.05) is 57.0 Å². The predicted molar refractivity (Wildman–Crippen MR) is 108 cm³/mol. The van der Waals surface area contributed by atoms with E-state index in [1.54, 1.807) is 12.3 Å². The number of anilines is 2. The third-order valence-corrected chi connectivity index (χ3v) is 4.80. The molecule has 2 heterocycles. The van der Waals surface area contributed by atoms with Gasteiger partial charge in [0.2, 0.25) is 11.9 Å². The van der Waals surface area contributed by atoms with Gasteiger partial charge in [0.05, 0.1) is 22.9 Å². The Balaban J connectivity index is 1.45. The molecule has 8 heteroatoms. The Kier molecular flexibility index (Phi) is 6.60. The molecule has 1 N–H and O–H groups in total. The second-order valence-electron chi connectivity index (χ2n) is 6.82. The molecule has 1 amide bonds. The van der Waals surface area contributed by atoms with Crippen molar-refractivity contribution in [1.29, 1.82) is 0 Å². The summed E-state index contributed by atoms with van der Waals surface area (Å²) in [4.78, 5) is 27.5. The molecule has 1 saturated heterocycles. The number of amides is 1. The smallest absolute Gasteiger partial charge is 0.238 e. The van der Waals surface area contributed by atoms with Crippen molar-refractivity contribution in [3.05, 3.63) is 47.2 Å². The van der Waals surface area contributed by atoms with E-state index in [0.717, 1.165) is 44.4 Å². The molecule has 0 saturated carbocycles. The maximum Gasteiger partial charge on any atom is 0.238 e. The summed E-state index contributed by atoms with van der Waals surface area (Å²) in [6.45, 7) is 4.67. The molecule has 1 aliphatic heterocycles. The lowest BCUT2D eigenvalue weighted by Crippen LogP contribution is -2.48. The van der Waals surface area contributed by atoms with Gasteiger partial charge in [-0.25, -0.2) is 9.97 Å². The molecule has 1 fully saturated rings. The first kappa shape index (κ1) is 19.5. The second-order valence-corrected chi connectivity index (χ2v) is 7.23. The third-order valence-electron chi connectivity index (χ3n) is 4.47. The minimum absolute atomic E-state index is 0.0389. The van der Waals surface area contributed by atoms with Crippen molar-refractivity contribution in [1.82, 2.24) is 19.8 Å². The van der Waals surface area contributed by atoms with Gasteiger partial charge in [-0.3, -0.25) is 14.6 Å². The number of nitrogens with one attached hydrogen (secondary N) is 1. The summed E-state index contributed by atoms with van der Waals surface area (Å²) in [5.41, 5.74) is 1.67. The average Bonchev–Trinajstić information content (AvgIpc) is 2.65. The number of para-hydroxylation sites is 1. The lowest BCUT2D eigenvalue weighted by molar-refractivity contribution is -0.117. The van der Waals surface area contributed by atoms with Crippen LogP contribution in [0.3, 0.4) is 0 Å². The second kappa shape index (κ2) is 9.12. The minimum atomic E-state index is -0.0389. The number of piperazine rings is 1. The summed E-state index contributed by atoms with van der Waals surface area (Å²) < 4.78 is 0. The molecule has 0 aliphatic carbocycles. The number of hydrogen-bond donors (Lipinski definition) is 1.